The Labute approximate surface area is 169 Å². The van der Waals surface area contributed by atoms with E-state index in [-0.39, 0.29) is 24.0 Å². The second-order valence-corrected chi connectivity index (χ2v) is 7.06. The molecule has 0 fully saturated rings. The van der Waals surface area contributed by atoms with Crippen LogP contribution in [-0.2, 0) is 0 Å². The molecule has 1 aromatic carbocycles. The molecule has 29 heavy (non-hydrogen) atoms. The zero-order chi connectivity index (χ0) is 21.0. The van der Waals surface area contributed by atoms with Crippen molar-refractivity contribution in [3.63, 3.8) is 0 Å². The lowest BCUT2D eigenvalue weighted by atomic mass is 10.0. The van der Waals surface area contributed by atoms with Gasteiger partial charge in [0, 0.05) is 17.7 Å². The predicted molar refractivity (Wildman–Crippen MR) is 103 cm³/mol. The fourth-order valence-corrected chi connectivity index (χ4v) is 3.43. The highest BCUT2D eigenvalue weighted by Gasteiger charge is 2.17. The summed E-state index contributed by atoms with van der Waals surface area (Å²) in [5.41, 5.74) is 4.04. The number of rotatable bonds is 7. The van der Waals surface area contributed by atoms with Gasteiger partial charge in [-0.2, -0.15) is 8.78 Å². The number of alkyl halides is 2. The third-order valence-electron chi connectivity index (χ3n) is 4.13. The summed E-state index contributed by atoms with van der Waals surface area (Å²) in [5, 5.41) is 13.0. The Morgan fingerprint density at radius 3 is 2.59 bits per heavy atom. The van der Waals surface area contributed by atoms with Gasteiger partial charge < -0.3 is 15.2 Å². The Morgan fingerprint density at radius 1 is 1.24 bits per heavy atom. The van der Waals surface area contributed by atoms with E-state index in [9.17, 15) is 18.7 Å². The van der Waals surface area contributed by atoms with E-state index in [0.717, 1.165) is 23.7 Å². The quantitative estimate of drug-likeness (QED) is 0.609. The lowest BCUT2D eigenvalue weighted by Crippen LogP contribution is -2.29. The van der Waals surface area contributed by atoms with Crippen LogP contribution in [0, 0.1) is 13.8 Å². The predicted octanol–water partition coefficient (Wildman–Crippen LogP) is 3.28. The van der Waals surface area contributed by atoms with E-state index in [1.54, 1.807) is 37.6 Å². The summed E-state index contributed by atoms with van der Waals surface area (Å²) in [5.74, 6) is -0.245. The van der Waals surface area contributed by atoms with Crippen LogP contribution >= 0.6 is 11.3 Å². The Balaban J connectivity index is 1.73. The SMILES string of the molecule is Cc1ccc(-c2ncc(OC(F)F)cn2)cc1C(=O)NC[C@@H](O)c1scnc1C. The molecule has 0 radical (unpaired) electrons. The van der Waals surface area contributed by atoms with Gasteiger partial charge in [-0.05, 0) is 25.5 Å². The van der Waals surface area contributed by atoms with Gasteiger partial charge in [-0.1, -0.05) is 12.1 Å². The summed E-state index contributed by atoms with van der Waals surface area (Å²) in [6, 6.07) is 5.07. The van der Waals surface area contributed by atoms with Crippen molar-refractivity contribution in [2.75, 3.05) is 6.54 Å². The molecule has 152 valence electrons. The highest BCUT2D eigenvalue weighted by atomic mass is 32.1. The fourth-order valence-electron chi connectivity index (χ4n) is 2.64. The lowest BCUT2D eigenvalue weighted by molar-refractivity contribution is -0.0503. The molecule has 0 bridgehead atoms. The maximum Gasteiger partial charge on any atom is 0.387 e. The molecule has 7 nitrogen and oxygen atoms in total. The van der Waals surface area contributed by atoms with Gasteiger partial charge in [-0.3, -0.25) is 4.79 Å². The fraction of sp³-hybridized carbons (Fsp3) is 0.263. The lowest BCUT2D eigenvalue weighted by Gasteiger charge is -2.13. The first-order valence-electron chi connectivity index (χ1n) is 8.59. The second kappa shape index (κ2) is 9.01. The van der Waals surface area contributed by atoms with Crippen LogP contribution in [0.1, 0.15) is 32.6 Å². The van der Waals surface area contributed by atoms with Crippen LogP contribution in [0.25, 0.3) is 11.4 Å². The number of aromatic nitrogens is 3. The monoisotopic (exact) mass is 420 g/mol. The molecule has 0 aliphatic carbocycles. The second-order valence-electron chi connectivity index (χ2n) is 6.18. The van der Waals surface area contributed by atoms with Crippen LogP contribution in [0.3, 0.4) is 0 Å². The van der Waals surface area contributed by atoms with E-state index in [1.807, 2.05) is 0 Å². The number of carbonyl (C=O) groups excluding carboxylic acids is 1. The number of nitrogens with zero attached hydrogens (tertiary/aromatic N) is 3. The third-order valence-corrected chi connectivity index (χ3v) is 5.17. The van der Waals surface area contributed by atoms with Crippen molar-refractivity contribution in [1.29, 1.82) is 0 Å². The number of halogens is 2. The first kappa shape index (κ1) is 20.7. The molecule has 0 unspecified atom stereocenters. The number of benzene rings is 1. The van der Waals surface area contributed by atoms with Crippen molar-refractivity contribution in [1.82, 2.24) is 20.3 Å². The molecule has 10 heteroatoms. The molecular formula is C19H18F2N4O3S. The smallest absolute Gasteiger partial charge is 0.387 e. The minimum absolute atomic E-state index is 0.0434. The van der Waals surface area contributed by atoms with Crippen molar-refractivity contribution in [3.8, 4) is 17.1 Å². The molecule has 2 N–H and O–H groups in total. The number of amides is 1. The van der Waals surface area contributed by atoms with Crippen LogP contribution in [0.4, 0.5) is 8.78 Å². The number of aryl methyl sites for hydroxylation is 2. The van der Waals surface area contributed by atoms with Crippen molar-refractivity contribution >= 4 is 17.2 Å². The maximum atomic E-state index is 12.6. The van der Waals surface area contributed by atoms with E-state index < -0.39 is 12.7 Å². The summed E-state index contributed by atoms with van der Waals surface area (Å²) in [6.07, 6.45) is 1.43. The third kappa shape index (κ3) is 5.09. The molecule has 2 heterocycles. The normalized spacial score (nSPS) is 12.1. The molecule has 3 aromatic rings. The molecule has 0 spiro atoms. The van der Waals surface area contributed by atoms with E-state index >= 15 is 0 Å². The van der Waals surface area contributed by atoms with Crippen LogP contribution in [0.2, 0.25) is 0 Å². The van der Waals surface area contributed by atoms with Gasteiger partial charge in [0.25, 0.3) is 5.91 Å². The van der Waals surface area contributed by atoms with Gasteiger partial charge >= 0.3 is 6.61 Å². The zero-order valence-electron chi connectivity index (χ0n) is 15.6. The number of carbonyl (C=O) groups is 1. The van der Waals surface area contributed by atoms with Crippen LogP contribution in [0.15, 0.2) is 36.1 Å². The minimum atomic E-state index is -2.96. The van der Waals surface area contributed by atoms with Crippen LogP contribution in [-0.4, -0.2) is 39.1 Å². The summed E-state index contributed by atoms with van der Waals surface area (Å²) < 4.78 is 28.7. The van der Waals surface area contributed by atoms with Gasteiger partial charge in [-0.25, -0.2) is 15.0 Å². The van der Waals surface area contributed by atoms with E-state index in [4.69, 9.17) is 0 Å². The molecule has 0 aliphatic rings. The number of aliphatic hydroxyl groups excluding tert-OH is 1. The van der Waals surface area contributed by atoms with E-state index in [0.29, 0.717) is 16.0 Å². The van der Waals surface area contributed by atoms with Gasteiger partial charge in [0.1, 0.15) is 6.10 Å². The summed E-state index contributed by atoms with van der Waals surface area (Å²) in [7, 11) is 0. The zero-order valence-corrected chi connectivity index (χ0v) is 16.4. The van der Waals surface area contributed by atoms with Gasteiger partial charge in [0.15, 0.2) is 11.6 Å². The van der Waals surface area contributed by atoms with E-state index in [2.05, 4.69) is 25.0 Å². The molecular weight excluding hydrogens is 402 g/mol. The summed E-state index contributed by atoms with van der Waals surface area (Å²) >= 11 is 1.33. The number of hydrogen-bond acceptors (Lipinski definition) is 7. The van der Waals surface area contributed by atoms with Crippen molar-refractivity contribution in [2.24, 2.45) is 0 Å². The molecule has 0 saturated heterocycles. The first-order chi connectivity index (χ1) is 13.8. The highest BCUT2D eigenvalue weighted by Crippen LogP contribution is 2.23. The number of ether oxygens (including phenoxy) is 1. The van der Waals surface area contributed by atoms with Gasteiger partial charge in [0.2, 0.25) is 0 Å². The average Bonchev–Trinajstić information content (AvgIpc) is 3.12. The van der Waals surface area contributed by atoms with E-state index in [1.165, 1.54) is 11.3 Å². The molecule has 0 aliphatic heterocycles. The maximum absolute atomic E-state index is 12.6. The Kier molecular flexibility index (Phi) is 6.45. The number of nitrogens with one attached hydrogen (secondary N) is 1. The minimum Gasteiger partial charge on any atom is -0.432 e. The van der Waals surface area contributed by atoms with Gasteiger partial charge in [-0.15, -0.1) is 11.3 Å². The molecule has 3 rings (SSSR count). The molecule has 1 amide bonds. The van der Waals surface area contributed by atoms with Crippen molar-refractivity contribution < 1.29 is 23.4 Å². The highest BCUT2D eigenvalue weighted by molar-refractivity contribution is 7.09. The molecule has 2 aromatic heterocycles. The Morgan fingerprint density at radius 2 is 1.97 bits per heavy atom. The Hall–Kier alpha value is -2.98. The molecule has 0 saturated carbocycles. The average molecular weight is 420 g/mol. The largest absolute Gasteiger partial charge is 0.432 e. The number of hydrogen-bond donors (Lipinski definition) is 2. The van der Waals surface area contributed by atoms with Gasteiger partial charge in [0.05, 0.1) is 28.5 Å². The van der Waals surface area contributed by atoms with Crippen LogP contribution < -0.4 is 10.1 Å². The first-order valence-corrected chi connectivity index (χ1v) is 9.47. The number of thiazole rings is 1. The topological polar surface area (TPSA) is 97.2 Å². The Bertz CT molecular complexity index is 995. The van der Waals surface area contributed by atoms with Crippen molar-refractivity contribution in [3.05, 3.63) is 57.8 Å². The standard InChI is InChI=1S/C19H18F2N4O3S/c1-10-3-4-12(17-22-6-13(7-23-17)28-19(20)21)5-14(10)18(27)24-8-15(26)16-11(2)25-9-29-16/h3-7,9,15,19,26H,8H2,1-2H3,(H,24,27)/t15-/m1/s1. The molecule has 1 atom stereocenters. The van der Waals surface area contributed by atoms with Crippen LogP contribution in [0.5, 0.6) is 5.75 Å². The van der Waals surface area contributed by atoms with Crippen molar-refractivity contribution in [2.45, 2.75) is 26.6 Å². The number of aliphatic hydroxyl groups is 1. The summed E-state index contributed by atoms with van der Waals surface area (Å²) in [6.45, 7) is 0.662. The summed E-state index contributed by atoms with van der Waals surface area (Å²) in [4.78, 5) is 25.4.